The predicted octanol–water partition coefficient (Wildman–Crippen LogP) is 0.989. The lowest BCUT2D eigenvalue weighted by molar-refractivity contribution is -0.0263. The fraction of sp³-hybridized carbons (Fsp3) is 0.917. The van der Waals surface area contributed by atoms with Gasteiger partial charge in [0, 0.05) is 25.7 Å². The van der Waals surface area contributed by atoms with Gasteiger partial charge in [-0.2, -0.15) is 5.26 Å². The highest BCUT2D eigenvalue weighted by Gasteiger charge is 2.19. The van der Waals surface area contributed by atoms with Crippen LogP contribution in [0.2, 0.25) is 0 Å². The molecule has 0 saturated carbocycles. The molecule has 0 aromatic heterocycles. The van der Waals surface area contributed by atoms with E-state index in [1.165, 1.54) is 0 Å². The molecule has 0 aromatic carbocycles. The van der Waals surface area contributed by atoms with E-state index in [0.717, 1.165) is 39.2 Å². The van der Waals surface area contributed by atoms with Gasteiger partial charge in [-0.15, -0.1) is 0 Å². The van der Waals surface area contributed by atoms with Crippen LogP contribution in [0.25, 0.3) is 0 Å². The van der Waals surface area contributed by atoms with Gasteiger partial charge in [-0.3, -0.25) is 4.90 Å². The third-order valence-electron chi connectivity index (χ3n) is 3.13. The number of nitriles is 1. The first kappa shape index (κ1) is 13.4. The van der Waals surface area contributed by atoms with Crippen molar-refractivity contribution in [2.24, 2.45) is 0 Å². The summed E-state index contributed by atoms with van der Waals surface area (Å²) in [5.41, 5.74) is 0. The van der Waals surface area contributed by atoms with Crippen LogP contribution < -0.4 is 5.32 Å². The third-order valence-corrected chi connectivity index (χ3v) is 3.13. The Morgan fingerprint density at radius 1 is 1.56 bits per heavy atom. The number of hydrogen-bond acceptors (Lipinski definition) is 4. The Bertz CT molecular complexity index is 227. The van der Waals surface area contributed by atoms with Crippen molar-refractivity contribution in [1.29, 1.82) is 5.26 Å². The Morgan fingerprint density at radius 3 is 3.00 bits per heavy atom. The second-order valence-corrected chi connectivity index (χ2v) is 4.26. The van der Waals surface area contributed by atoms with Crippen molar-refractivity contribution in [3.8, 4) is 6.07 Å². The minimum absolute atomic E-state index is 0.279. The number of rotatable bonds is 6. The van der Waals surface area contributed by atoms with Crippen LogP contribution in [0.15, 0.2) is 0 Å². The summed E-state index contributed by atoms with van der Waals surface area (Å²) < 4.78 is 5.70. The first-order valence-electron chi connectivity index (χ1n) is 6.24. The van der Waals surface area contributed by atoms with Crippen molar-refractivity contribution in [3.63, 3.8) is 0 Å². The molecule has 1 saturated heterocycles. The van der Waals surface area contributed by atoms with Crippen LogP contribution in [-0.4, -0.2) is 49.8 Å². The van der Waals surface area contributed by atoms with E-state index in [1.54, 1.807) is 0 Å². The third kappa shape index (κ3) is 4.48. The molecule has 1 fully saturated rings. The highest BCUT2D eigenvalue weighted by molar-refractivity contribution is 4.81. The van der Waals surface area contributed by atoms with Crippen LogP contribution in [0.4, 0.5) is 0 Å². The fourth-order valence-electron chi connectivity index (χ4n) is 1.96. The van der Waals surface area contributed by atoms with E-state index in [0.29, 0.717) is 12.5 Å². The van der Waals surface area contributed by atoms with Gasteiger partial charge in [0.15, 0.2) is 0 Å². The van der Waals surface area contributed by atoms with Crippen LogP contribution in [0.3, 0.4) is 0 Å². The number of nitrogens with zero attached hydrogens (tertiary/aromatic N) is 2. The van der Waals surface area contributed by atoms with Crippen molar-refractivity contribution in [3.05, 3.63) is 0 Å². The normalized spacial score (nSPS) is 23.9. The molecular weight excluding hydrogens is 202 g/mol. The Labute approximate surface area is 98.6 Å². The number of likely N-dealkylation sites (N-methyl/N-ethyl adjacent to an activating group) is 1. The van der Waals surface area contributed by atoms with Crippen molar-refractivity contribution < 1.29 is 4.74 Å². The summed E-state index contributed by atoms with van der Waals surface area (Å²) in [7, 11) is 0. The summed E-state index contributed by atoms with van der Waals surface area (Å²) in [6, 6.07) is 2.52. The van der Waals surface area contributed by atoms with E-state index in [-0.39, 0.29) is 6.10 Å². The molecule has 0 radical (unpaired) electrons. The summed E-state index contributed by atoms with van der Waals surface area (Å²) in [5.74, 6) is 0. The Kier molecular flexibility index (Phi) is 6.39. The molecule has 0 aromatic rings. The maximum atomic E-state index is 8.66. The molecule has 4 nitrogen and oxygen atoms in total. The minimum Gasteiger partial charge on any atom is -0.374 e. The smallest absolute Gasteiger partial charge is 0.0826 e. The van der Waals surface area contributed by atoms with Gasteiger partial charge in [-0.1, -0.05) is 13.8 Å². The lowest BCUT2D eigenvalue weighted by Gasteiger charge is -2.32. The Balaban J connectivity index is 2.23. The van der Waals surface area contributed by atoms with Gasteiger partial charge in [0.1, 0.15) is 0 Å². The Morgan fingerprint density at radius 2 is 2.38 bits per heavy atom. The molecule has 0 aliphatic carbocycles. The highest BCUT2D eigenvalue weighted by atomic mass is 16.5. The SMILES string of the molecule is CCC(CC#N)NCC1CN(CC)CCO1. The number of hydrogen-bond donors (Lipinski definition) is 1. The highest BCUT2D eigenvalue weighted by Crippen LogP contribution is 2.05. The van der Waals surface area contributed by atoms with E-state index in [4.69, 9.17) is 10.00 Å². The second-order valence-electron chi connectivity index (χ2n) is 4.26. The molecule has 1 aliphatic rings. The van der Waals surface area contributed by atoms with Crippen LogP contribution in [0.1, 0.15) is 26.7 Å². The van der Waals surface area contributed by atoms with E-state index in [1.807, 2.05) is 0 Å². The molecule has 0 spiro atoms. The predicted molar refractivity (Wildman–Crippen MR) is 64.2 cm³/mol. The van der Waals surface area contributed by atoms with E-state index >= 15 is 0 Å². The monoisotopic (exact) mass is 225 g/mol. The average Bonchev–Trinajstić information content (AvgIpc) is 2.34. The van der Waals surface area contributed by atoms with E-state index < -0.39 is 0 Å². The molecule has 2 unspecified atom stereocenters. The van der Waals surface area contributed by atoms with Gasteiger partial charge in [-0.05, 0) is 13.0 Å². The van der Waals surface area contributed by atoms with Crippen LogP contribution in [0.5, 0.6) is 0 Å². The van der Waals surface area contributed by atoms with E-state index in [2.05, 4.69) is 30.1 Å². The fourth-order valence-corrected chi connectivity index (χ4v) is 1.96. The van der Waals surface area contributed by atoms with Crippen LogP contribution >= 0.6 is 0 Å². The molecule has 4 heteroatoms. The molecule has 1 rings (SSSR count). The molecule has 1 heterocycles. The van der Waals surface area contributed by atoms with Crippen molar-refractivity contribution in [2.45, 2.75) is 38.8 Å². The number of nitrogens with one attached hydrogen (secondary N) is 1. The summed E-state index contributed by atoms with van der Waals surface area (Å²) in [6.07, 6.45) is 1.86. The molecule has 1 N–H and O–H groups in total. The zero-order valence-electron chi connectivity index (χ0n) is 10.4. The van der Waals surface area contributed by atoms with Crippen LogP contribution in [-0.2, 0) is 4.74 Å². The molecule has 16 heavy (non-hydrogen) atoms. The standard InChI is InChI=1S/C12H23N3O/c1-3-11(5-6-13)14-9-12-10-15(4-2)7-8-16-12/h11-12,14H,3-5,7-10H2,1-2H3. The zero-order valence-corrected chi connectivity index (χ0v) is 10.4. The Hall–Kier alpha value is -0.630. The largest absolute Gasteiger partial charge is 0.374 e. The lowest BCUT2D eigenvalue weighted by Crippen LogP contribution is -2.47. The zero-order chi connectivity index (χ0) is 11.8. The van der Waals surface area contributed by atoms with E-state index in [9.17, 15) is 0 Å². The van der Waals surface area contributed by atoms with Crippen molar-refractivity contribution >= 4 is 0 Å². The molecular formula is C12H23N3O. The quantitative estimate of drug-likeness (QED) is 0.732. The molecule has 0 amide bonds. The minimum atomic E-state index is 0.279. The number of morpholine rings is 1. The van der Waals surface area contributed by atoms with Gasteiger partial charge >= 0.3 is 0 Å². The topological polar surface area (TPSA) is 48.3 Å². The van der Waals surface area contributed by atoms with Gasteiger partial charge in [0.25, 0.3) is 0 Å². The summed E-state index contributed by atoms with van der Waals surface area (Å²) in [4.78, 5) is 2.40. The van der Waals surface area contributed by atoms with Gasteiger partial charge < -0.3 is 10.1 Å². The number of ether oxygens (including phenoxy) is 1. The average molecular weight is 225 g/mol. The van der Waals surface area contributed by atoms with Gasteiger partial charge in [0.2, 0.25) is 0 Å². The van der Waals surface area contributed by atoms with Crippen molar-refractivity contribution in [1.82, 2.24) is 10.2 Å². The van der Waals surface area contributed by atoms with Crippen LogP contribution in [0, 0.1) is 11.3 Å². The van der Waals surface area contributed by atoms with Crippen molar-refractivity contribution in [2.75, 3.05) is 32.8 Å². The van der Waals surface area contributed by atoms with Gasteiger partial charge in [0.05, 0.1) is 25.2 Å². The molecule has 0 bridgehead atoms. The first-order chi connectivity index (χ1) is 7.80. The summed E-state index contributed by atoms with van der Waals surface area (Å²) in [5, 5.41) is 12.1. The molecule has 92 valence electrons. The summed E-state index contributed by atoms with van der Waals surface area (Å²) in [6.45, 7) is 9.12. The first-order valence-corrected chi connectivity index (χ1v) is 6.24. The maximum absolute atomic E-state index is 8.66. The molecule has 2 atom stereocenters. The maximum Gasteiger partial charge on any atom is 0.0826 e. The molecule has 1 aliphatic heterocycles. The van der Waals surface area contributed by atoms with Gasteiger partial charge in [-0.25, -0.2) is 0 Å². The lowest BCUT2D eigenvalue weighted by atomic mass is 10.1. The summed E-state index contributed by atoms with van der Waals surface area (Å²) >= 11 is 0. The second kappa shape index (κ2) is 7.61.